The van der Waals surface area contributed by atoms with Gasteiger partial charge in [0, 0.05) is 6.42 Å². The number of rotatable bonds is 12. The number of carbonyl (C=O) groups excluding carboxylic acids is 1. The van der Waals surface area contributed by atoms with Crippen molar-refractivity contribution in [1.82, 2.24) is 0 Å². The predicted octanol–water partition coefficient (Wildman–Crippen LogP) is 2.10. The van der Waals surface area contributed by atoms with Gasteiger partial charge in [-0.25, -0.2) is 4.57 Å². The van der Waals surface area contributed by atoms with Gasteiger partial charge in [0.1, 0.15) is 18.9 Å². The average molecular weight is 310 g/mol. The molecule has 0 aromatic heterocycles. The van der Waals surface area contributed by atoms with Crippen LogP contribution < -0.4 is 0 Å². The Balaban J connectivity index is 4.65. The summed E-state index contributed by atoms with van der Waals surface area (Å²) in [7, 11) is -4.47. The minimum atomic E-state index is -4.47. The molecule has 0 aliphatic carbocycles. The highest BCUT2D eigenvalue weighted by molar-refractivity contribution is 7.46. The first-order valence-electron chi connectivity index (χ1n) is 7.35. The number of unbranched alkanes of at least 4 members (excludes halogenated alkanes) is 2. The lowest BCUT2D eigenvalue weighted by molar-refractivity contribution is -0.925. The molecule has 0 fully saturated rings. The van der Waals surface area contributed by atoms with Gasteiger partial charge in [0.05, 0.1) is 19.6 Å². The molecule has 0 aliphatic rings. The van der Waals surface area contributed by atoms with Crippen molar-refractivity contribution >= 4 is 14.1 Å². The summed E-state index contributed by atoms with van der Waals surface area (Å²) in [5, 5.41) is 0. The Morgan fingerprint density at radius 2 is 1.70 bits per heavy atom. The molecule has 1 atom stereocenters. The van der Waals surface area contributed by atoms with Crippen molar-refractivity contribution in [3.05, 3.63) is 0 Å². The van der Waals surface area contributed by atoms with Gasteiger partial charge in [-0.3, -0.25) is 4.52 Å². The van der Waals surface area contributed by atoms with Crippen molar-refractivity contribution in [3.8, 4) is 0 Å². The fourth-order valence-electron chi connectivity index (χ4n) is 2.46. The largest absolute Gasteiger partial charge is 0.470 e. The number of phosphoric ester groups is 1. The van der Waals surface area contributed by atoms with Gasteiger partial charge in [0.25, 0.3) is 0 Å². The number of phosphoric acid groups is 1. The molecular weight excluding hydrogens is 281 g/mol. The molecule has 0 saturated carbocycles. The van der Waals surface area contributed by atoms with E-state index >= 15 is 0 Å². The Morgan fingerprint density at radius 1 is 1.15 bits per heavy atom. The molecule has 0 saturated heterocycles. The molecule has 0 radical (unpaired) electrons. The fraction of sp³-hybridized carbons (Fsp3) is 0.923. The summed E-state index contributed by atoms with van der Waals surface area (Å²) in [4.78, 5) is 28.4. The number of hydrogen-bond acceptors (Lipinski definition) is 3. The van der Waals surface area contributed by atoms with Crippen molar-refractivity contribution < 1.29 is 28.2 Å². The van der Waals surface area contributed by atoms with E-state index in [1.165, 1.54) is 0 Å². The lowest BCUT2D eigenvalue weighted by Crippen LogP contribution is -2.52. The molecule has 0 bridgehead atoms. The Kier molecular flexibility index (Phi) is 9.51. The predicted molar refractivity (Wildman–Crippen MR) is 78.2 cm³/mol. The number of nitrogens with zero attached hydrogens (tertiary/aromatic N) is 1. The van der Waals surface area contributed by atoms with Gasteiger partial charge in [-0.15, -0.1) is 0 Å². The smallest absolute Gasteiger partial charge is 0.322 e. The number of quaternary nitrogens is 1. The number of aldehydes is 1. The van der Waals surface area contributed by atoms with Crippen LogP contribution in [0.5, 0.6) is 0 Å². The highest BCUT2D eigenvalue weighted by Crippen LogP contribution is 2.39. The van der Waals surface area contributed by atoms with Crippen LogP contribution in [0.1, 0.15) is 46.5 Å². The van der Waals surface area contributed by atoms with E-state index in [4.69, 9.17) is 14.3 Å². The summed E-state index contributed by atoms with van der Waals surface area (Å²) in [5.41, 5.74) is 0. The number of hydrogen-bond donors (Lipinski definition) is 2. The minimum Gasteiger partial charge on any atom is -0.322 e. The molecule has 6 nitrogen and oxygen atoms in total. The highest BCUT2D eigenvalue weighted by Gasteiger charge is 2.30. The maximum absolute atomic E-state index is 11.1. The maximum atomic E-state index is 11.1. The van der Waals surface area contributed by atoms with Gasteiger partial charge in [-0.2, -0.15) is 0 Å². The quantitative estimate of drug-likeness (QED) is 0.250. The third kappa shape index (κ3) is 8.12. The van der Waals surface area contributed by atoms with Crippen LogP contribution in [-0.2, 0) is 13.9 Å². The third-order valence-corrected chi connectivity index (χ3v) is 4.56. The maximum Gasteiger partial charge on any atom is 0.470 e. The number of likely N-dealkylation sites (N-methyl/N-ethyl adjacent to an activating group) is 1. The zero-order chi connectivity index (χ0) is 15.6. The molecule has 0 spiro atoms. The van der Waals surface area contributed by atoms with Gasteiger partial charge in [-0.1, -0.05) is 6.42 Å². The van der Waals surface area contributed by atoms with Crippen LogP contribution >= 0.6 is 7.82 Å². The van der Waals surface area contributed by atoms with Crippen molar-refractivity contribution in [2.75, 3.05) is 26.2 Å². The van der Waals surface area contributed by atoms with E-state index in [-0.39, 0.29) is 0 Å². The molecule has 1 unspecified atom stereocenters. The van der Waals surface area contributed by atoms with Gasteiger partial charge < -0.3 is 19.1 Å². The lowest BCUT2D eigenvalue weighted by Gasteiger charge is -2.38. The van der Waals surface area contributed by atoms with Crippen LogP contribution in [0, 0.1) is 0 Å². The van der Waals surface area contributed by atoms with Crippen molar-refractivity contribution in [2.24, 2.45) is 0 Å². The SMILES string of the molecule is CC[N+](CC)(CC)CC(CCCCC=O)OP(=O)(O)O. The monoisotopic (exact) mass is 310 g/mol. The third-order valence-electron chi connectivity index (χ3n) is 3.99. The molecule has 0 aromatic rings. The Morgan fingerprint density at radius 3 is 2.10 bits per heavy atom. The van der Waals surface area contributed by atoms with Gasteiger partial charge in [0.2, 0.25) is 0 Å². The molecule has 0 aromatic carbocycles. The molecule has 0 heterocycles. The van der Waals surface area contributed by atoms with E-state index in [1.807, 2.05) is 0 Å². The van der Waals surface area contributed by atoms with Gasteiger partial charge in [-0.05, 0) is 33.6 Å². The highest BCUT2D eigenvalue weighted by atomic mass is 31.2. The van der Waals surface area contributed by atoms with Crippen LogP contribution in [0.25, 0.3) is 0 Å². The summed E-state index contributed by atoms with van der Waals surface area (Å²) >= 11 is 0. The first kappa shape index (κ1) is 19.7. The molecule has 0 rings (SSSR count). The molecule has 7 heteroatoms. The summed E-state index contributed by atoms with van der Waals surface area (Å²) in [5.74, 6) is 0. The molecular formula is C13H29NO5P+. The van der Waals surface area contributed by atoms with E-state index in [1.54, 1.807) is 0 Å². The van der Waals surface area contributed by atoms with Crippen LogP contribution in [0.2, 0.25) is 0 Å². The fourth-order valence-corrected chi connectivity index (χ4v) is 3.02. The zero-order valence-electron chi connectivity index (χ0n) is 12.8. The van der Waals surface area contributed by atoms with Crippen LogP contribution in [-0.4, -0.2) is 52.8 Å². The standard InChI is InChI=1S/C13H28NO5P/c1-4-14(5-2,6-3)12-13(19-20(16,17)18)10-8-7-9-11-15/h11,13H,4-10,12H2,1-3H3,(H-,16,17,18)/p+1. The summed E-state index contributed by atoms with van der Waals surface area (Å²) in [6.45, 7) is 9.54. The summed E-state index contributed by atoms with van der Waals surface area (Å²) < 4.78 is 16.8. The first-order chi connectivity index (χ1) is 9.32. The second-order valence-electron chi connectivity index (χ2n) is 5.14. The number of carbonyl (C=O) groups is 1. The minimum absolute atomic E-state index is 0.470. The van der Waals surface area contributed by atoms with E-state index in [0.29, 0.717) is 19.4 Å². The van der Waals surface area contributed by atoms with E-state index < -0.39 is 13.9 Å². The topological polar surface area (TPSA) is 83.8 Å². The molecule has 20 heavy (non-hydrogen) atoms. The Labute approximate surface area is 122 Å². The Bertz CT molecular complexity index is 306. The van der Waals surface area contributed by atoms with Crippen LogP contribution in [0.3, 0.4) is 0 Å². The van der Waals surface area contributed by atoms with Gasteiger partial charge >= 0.3 is 7.82 Å². The van der Waals surface area contributed by atoms with E-state index in [0.717, 1.165) is 43.2 Å². The average Bonchev–Trinajstić information content (AvgIpc) is 2.39. The lowest BCUT2D eigenvalue weighted by atomic mass is 10.1. The van der Waals surface area contributed by atoms with Crippen LogP contribution in [0.15, 0.2) is 0 Å². The zero-order valence-corrected chi connectivity index (χ0v) is 13.7. The van der Waals surface area contributed by atoms with Gasteiger partial charge in [0.15, 0.2) is 0 Å². The van der Waals surface area contributed by atoms with E-state index in [2.05, 4.69) is 20.8 Å². The molecule has 2 N–H and O–H groups in total. The molecule has 0 aliphatic heterocycles. The summed E-state index contributed by atoms with van der Waals surface area (Å²) in [6.07, 6.45) is 2.91. The van der Waals surface area contributed by atoms with Crippen molar-refractivity contribution in [2.45, 2.75) is 52.6 Å². The second kappa shape index (κ2) is 9.64. The Hall–Kier alpha value is -0.260. The second-order valence-corrected chi connectivity index (χ2v) is 6.33. The molecule has 120 valence electrons. The van der Waals surface area contributed by atoms with E-state index in [9.17, 15) is 9.36 Å². The van der Waals surface area contributed by atoms with Crippen molar-refractivity contribution in [3.63, 3.8) is 0 Å². The van der Waals surface area contributed by atoms with Crippen LogP contribution in [0.4, 0.5) is 0 Å². The van der Waals surface area contributed by atoms with Crippen molar-refractivity contribution in [1.29, 1.82) is 0 Å². The molecule has 0 amide bonds. The first-order valence-corrected chi connectivity index (χ1v) is 8.88. The summed E-state index contributed by atoms with van der Waals surface area (Å²) in [6, 6.07) is 0. The normalized spacial score (nSPS) is 14.2.